The maximum absolute atomic E-state index is 6.30. The molecule has 76 valence electrons. The third-order valence-corrected chi connectivity index (χ3v) is 3.60. The van der Waals surface area contributed by atoms with Crippen LogP contribution in [0.2, 0.25) is 0 Å². The molecule has 1 nitrogen and oxygen atoms in total. The molecule has 1 heteroatoms. The first kappa shape index (κ1) is 9.72. The van der Waals surface area contributed by atoms with Crippen molar-refractivity contribution in [2.75, 3.05) is 0 Å². The molecule has 0 aliphatic heterocycles. The quantitative estimate of drug-likeness (QED) is 0.760. The predicted molar refractivity (Wildman–Crippen MR) is 60.3 cm³/mol. The Bertz CT molecular complexity index is 326. The van der Waals surface area contributed by atoms with Gasteiger partial charge in [0.1, 0.15) is 0 Å². The molecular formula is C13H19N. The molecule has 2 atom stereocenters. The molecule has 0 saturated heterocycles. The van der Waals surface area contributed by atoms with E-state index in [-0.39, 0.29) is 5.54 Å². The van der Waals surface area contributed by atoms with E-state index in [4.69, 9.17) is 5.73 Å². The third-order valence-electron chi connectivity index (χ3n) is 3.60. The third kappa shape index (κ3) is 1.46. The molecule has 0 heterocycles. The molecule has 0 bridgehead atoms. The Hall–Kier alpha value is -0.820. The monoisotopic (exact) mass is 189 g/mol. The summed E-state index contributed by atoms with van der Waals surface area (Å²) in [6.07, 6.45) is 1.15. The maximum atomic E-state index is 6.30. The fourth-order valence-electron chi connectivity index (χ4n) is 2.16. The molecule has 0 aromatic heterocycles. The van der Waals surface area contributed by atoms with Crippen LogP contribution in [0.25, 0.3) is 0 Å². The summed E-state index contributed by atoms with van der Waals surface area (Å²) in [5.41, 5.74) is 9.10. The van der Waals surface area contributed by atoms with Gasteiger partial charge in [0.05, 0.1) is 0 Å². The number of nitrogens with two attached hydrogens (primary N) is 1. The number of hydrogen-bond acceptors (Lipinski definition) is 1. The van der Waals surface area contributed by atoms with E-state index in [9.17, 15) is 0 Å². The summed E-state index contributed by atoms with van der Waals surface area (Å²) in [6, 6.07) is 8.79. The van der Waals surface area contributed by atoms with Gasteiger partial charge in [0.2, 0.25) is 0 Å². The second-order valence-corrected chi connectivity index (χ2v) is 4.93. The first-order valence-corrected chi connectivity index (χ1v) is 5.39. The van der Waals surface area contributed by atoms with Crippen LogP contribution in [0, 0.1) is 12.8 Å². The molecule has 1 aliphatic carbocycles. The van der Waals surface area contributed by atoms with Crippen molar-refractivity contribution in [3.05, 3.63) is 35.4 Å². The zero-order valence-electron chi connectivity index (χ0n) is 9.25. The summed E-state index contributed by atoms with van der Waals surface area (Å²) in [6.45, 7) is 6.55. The summed E-state index contributed by atoms with van der Waals surface area (Å²) in [5.74, 6) is 1.16. The van der Waals surface area contributed by atoms with Crippen molar-refractivity contribution in [3.63, 3.8) is 0 Å². The molecule has 1 aromatic rings. The SMILES string of the molecule is Cc1ccc(C2CC2(N)C(C)C)cc1. The molecule has 2 unspecified atom stereocenters. The fraction of sp³-hybridized carbons (Fsp3) is 0.538. The van der Waals surface area contributed by atoms with E-state index in [2.05, 4.69) is 45.0 Å². The molecule has 0 spiro atoms. The highest BCUT2D eigenvalue weighted by Crippen LogP contribution is 2.53. The largest absolute Gasteiger partial charge is 0.324 e. The lowest BCUT2D eigenvalue weighted by Crippen LogP contribution is -2.30. The van der Waals surface area contributed by atoms with Gasteiger partial charge in [-0.1, -0.05) is 43.7 Å². The molecule has 2 N–H and O–H groups in total. The van der Waals surface area contributed by atoms with Crippen molar-refractivity contribution >= 4 is 0 Å². The van der Waals surface area contributed by atoms with Gasteiger partial charge in [-0.15, -0.1) is 0 Å². The number of benzene rings is 1. The van der Waals surface area contributed by atoms with Crippen molar-refractivity contribution < 1.29 is 0 Å². The Morgan fingerprint density at radius 3 is 2.29 bits per heavy atom. The van der Waals surface area contributed by atoms with Gasteiger partial charge in [0, 0.05) is 11.5 Å². The standard InChI is InChI=1S/C13H19N/c1-9(2)13(14)8-12(13)11-6-4-10(3)5-7-11/h4-7,9,12H,8,14H2,1-3H3. The van der Waals surface area contributed by atoms with Gasteiger partial charge in [0.15, 0.2) is 0 Å². The lowest BCUT2D eigenvalue weighted by Gasteiger charge is -2.15. The second-order valence-electron chi connectivity index (χ2n) is 4.93. The number of hydrogen-bond donors (Lipinski definition) is 1. The van der Waals surface area contributed by atoms with Crippen LogP contribution in [0.4, 0.5) is 0 Å². The van der Waals surface area contributed by atoms with Crippen LogP contribution in [0.3, 0.4) is 0 Å². The van der Waals surface area contributed by atoms with Gasteiger partial charge >= 0.3 is 0 Å². The predicted octanol–water partition coefficient (Wildman–Crippen LogP) is 2.84. The van der Waals surface area contributed by atoms with Gasteiger partial charge < -0.3 is 5.73 Å². The lowest BCUT2D eigenvalue weighted by molar-refractivity contribution is 0.464. The van der Waals surface area contributed by atoms with E-state index >= 15 is 0 Å². The van der Waals surface area contributed by atoms with Crippen LogP contribution in [-0.4, -0.2) is 5.54 Å². The highest BCUT2D eigenvalue weighted by Gasteiger charge is 2.53. The van der Waals surface area contributed by atoms with E-state index in [1.807, 2.05) is 0 Å². The van der Waals surface area contributed by atoms with Gasteiger partial charge in [-0.05, 0) is 24.8 Å². The Labute approximate surface area is 86.3 Å². The summed E-state index contributed by atoms with van der Waals surface area (Å²) < 4.78 is 0. The molecule has 1 aliphatic rings. The fourth-order valence-corrected chi connectivity index (χ4v) is 2.16. The summed E-state index contributed by atoms with van der Waals surface area (Å²) in [7, 11) is 0. The molecule has 0 amide bonds. The van der Waals surface area contributed by atoms with Crippen molar-refractivity contribution in [1.82, 2.24) is 0 Å². The summed E-state index contributed by atoms with van der Waals surface area (Å²) >= 11 is 0. The van der Waals surface area contributed by atoms with Gasteiger partial charge in [0.25, 0.3) is 0 Å². The van der Waals surface area contributed by atoms with Gasteiger partial charge in [-0.2, -0.15) is 0 Å². The first-order chi connectivity index (χ1) is 6.54. The summed E-state index contributed by atoms with van der Waals surface area (Å²) in [4.78, 5) is 0. The van der Waals surface area contributed by atoms with E-state index in [0.717, 1.165) is 6.42 Å². The Balaban J connectivity index is 2.17. The van der Waals surface area contributed by atoms with Gasteiger partial charge in [-0.3, -0.25) is 0 Å². The number of aryl methyl sites for hydroxylation is 1. The van der Waals surface area contributed by atoms with Crippen LogP contribution in [0.15, 0.2) is 24.3 Å². The average Bonchev–Trinajstić information content (AvgIpc) is 2.81. The minimum atomic E-state index is 0.0647. The average molecular weight is 189 g/mol. The van der Waals surface area contributed by atoms with Crippen molar-refractivity contribution in [3.8, 4) is 0 Å². The van der Waals surface area contributed by atoms with Crippen LogP contribution in [0.1, 0.15) is 37.3 Å². The molecular weight excluding hydrogens is 170 g/mol. The van der Waals surface area contributed by atoms with Crippen molar-refractivity contribution in [1.29, 1.82) is 0 Å². The van der Waals surface area contributed by atoms with Gasteiger partial charge in [-0.25, -0.2) is 0 Å². The van der Waals surface area contributed by atoms with E-state index in [0.29, 0.717) is 11.8 Å². The molecule has 0 radical (unpaired) electrons. The smallest absolute Gasteiger partial charge is 0.0254 e. The molecule has 2 rings (SSSR count). The number of rotatable bonds is 2. The second kappa shape index (κ2) is 3.09. The van der Waals surface area contributed by atoms with E-state index < -0.39 is 0 Å². The van der Waals surface area contributed by atoms with Crippen LogP contribution in [0.5, 0.6) is 0 Å². The molecule has 1 aromatic carbocycles. The van der Waals surface area contributed by atoms with Crippen LogP contribution in [-0.2, 0) is 0 Å². The van der Waals surface area contributed by atoms with E-state index in [1.54, 1.807) is 0 Å². The normalized spacial score (nSPS) is 30.8. The summed E-state index contributed by atoms with van der Waals surface area (Å²) in [5, 5.41) is 0. The van der Waals surface area contributed by atoms with E-state index in [1.165, 1.54) is 11.1 Å². The lowest BCUT2D eigenvalue weighted by atomic mass is 9.96. The van der Waals surface area contributed by atoms with Crippen LogP contribution < -0.4 is 5.73 Å². The Morgan fingerprint density at radius 2 is 1.86 bits per heavy atom. The molecule has 1 fully saturated rings. The zero-order valence-corrected chi connectivity index (χ0v) is 9.25. The first-order valence-electron chi connectivity index (χ1n) is 5.39. The Morgan fingerprint density at radius 1 is 1.29 bits per heavy atom. The zero-order chi connectivity index (χ0) is 10.3. The topological polar surface area (TPSA) is 26.0 Å². The molecule has 1 saturated carbocycles. The Kier molecular flexibility index (Phi) is 2.15. The van der Waals surface area contributed by atoms with Crippen molar-refractivity contribution in [2.24, 2.45) is 11.7 Å². The highest BCUT2D eigenvalue weighted by atomic mass is 14.9. The molecule has 14 heavy (non-hydrogen) atoms. The van der Waals surface area contributed by atoms with Crippen molar-refractivity contribution in [2.45, 2.75) is 38.6 Å². The maximum Gasteiger partial charge on any atom is 0.0254 e. The minimum absolute atomic E-state index is 0.0647. The highest BCUT2D eigenvalue weighted by molar-refractivity contribution is 5.35. The minimum Gasteiger partial charge on any atom is -0.324 e. The van der Waals surface area contributed by atoms with Crippen LogP contribution >= 0.6 is 0 Å².